The van der Waals surface area contributed by atoms with Crippen molar-refractivity contribution >= 4 is 191 Å². The van der Waals surface area contributed by atoms with Crippen molar-refractivity contribution in [1.29, 1.82) is 0 Å². The standard InChI is InChI=1S/C10H66O23Si22/c1-23-48(8,34)32-55(52(41-17,42-18)28-36-12,53(43-19,44-20)29-37-13)51(33-50(39-15,40-16)27-35-11,54(45-21,30-38-14)46(5)22)31-47(6,7)9-10-49(24-2,25-3)26-4/h11-22,46H,9-10,35-45H2,1-8,34H3. The van der Waals surface area contributed by atoms with Crippen molar-refractivity contribution in [1.82, 2.24) is 0 Å². The minimum Gasteiger partial charge on any atom is -0.441 e. The molecule has 332 valence electrons. The maximum Gasteiger partial charge on any atom is 0.499 e. The monoisotopic (exact) mass is 1170 g/mol. The minimum absolute atomic E-state index is 0.140. The fraction of sp³-hybridized carbons (Fsp3) is 1.00. The summed E-state index contributed by atoms with van der Waals surface area (Å²) in [6, 6.07) is 0.302. The van der Waals surface area contributed by atoms with Gasteiger partial charge in [0.25, 0.3) is 61.8 Å². The van der Waals surface area contributed by atoms with Crippen LogP contribution in [0.3, 0.4) is 0 Å². The Morgan fingerprint density at radius 2 is 0.945 bits per heavy atom. The second-order valence-corrected chi connectivity index (χ2v) is 134. The molecule has 0 aromatic heterocycles. The topological polar surface area (TPSA) is 344 Å². The van der Waals surface area contributed by atoms with Gasteiger partial charge in [-0.05, 0) is 32.2 Å². The molecule has 0 aliphatic heterocycles. The Labute approximate surface area is 359 Å². The summed E-state index contributed by atoms with van der Waals surface area (Å²) in [7, 11) is -47.6. The molecular weight excluding hydrogens is 1110 g/mol. The van der Waals surface area contributed by atoms with Crippen molar-refractivity contribution in [3.05, 3.63) is 0 Å². The first-order valence-electron chi connectivity index (χ1n) is 16.9. The third-order valence-electron chi connectivity index (χ3n) is 9.65. The van der Waals surface area contributed by atoms with Crippen molar-refractivity contribution < 1.29 is 104 Å². The van der Waals surface area contributed by atoms with Crippen LogP contribution in [0.5, 0.6) is 0 Å². The lowest BCUT2D eigenvalue weighted by Crippen LogP contribution is -3.07. The fourth-order valence-corrected chi connectivity index (χ4v) is 380. The molecule has 0 aliphatic rings. The van der Waals surface area contributed by atoms with Crippen molar-refractivity contribution in [2.75, 3.05) is 28.4 Å². The maximum atomic E-state index is 12.3. The smallest absolute Gasteiger partial charge is 0.441 e. The summed E-state index contributed by atoms with van der Waals surface area (Å²) in [5.74, 6) is 0. The first-order valence-corrected chi connectivity index (χ1v) is 72.1. The molecule has 0 aromatic rings. The van der Waals surface area contributed by atoms with Gasteiger partial charge in [-0.3, -0.25) is 0 Å². The molecule has 4 unspecified atom stereocenters. The molecule has 0 fully saturated rings. The fourth-order valence-electron chi connectivity index (χ4n) is 6.45. The van der Waals surface area contributed by atoms with Crippen LogP contribution in [0, 0.1) is 0 Å². The Hall–Kier alpha value is 3.85. The van der Waals surface area contributed by atoms with Crippen LogP contribution in [0.1, 0.15) is 0 Å². The highest BCUT2D eigenvalue weighted by atomic mass is 30.4. The van der Waals surface area contributed by atoms with Crippen LogP contribution in [0.2, 0.25) is 38.3 Å². The molecule has 0 spiro atoms. The molecule has 0 heterocycles. The van der Waals surface area contributed by atoms with Crippen molar-refractivity contribution in [3.8, 4) is 0 Å². The molecule has 0 saturated heterocycles. The Morgan fingerprint density at radius 3 is 1.24 bits per heavy atom. The Balaban J connectivity index is 10.1. The van der Waals surface area contributed by atoms with Gasteiger partial charge in [0.2, 0.25) is 32.3 Å². The Kier molecular flexibility index (Phi) is 27.8. The van der Waals surface area contributed by atoms with E-state index in [2.05, 4.69) is 0 Å². The number of rotatable bonds is 33. The molecule has 0 rings (SSSR count). The number of hydrogen-bond donors (Lipinski definition) is 12. The lowest BCUT2D eigenvalue weighted by Gasteiger charge is -2.65. The highest BCUT2D eigenvalue weighted by Crippen LogP contribution is 2.47. The van der Waals surface area contributed by atoms with E-state index >= 15 is 0 Å². The van der Waals surface area contributed by atoms with Crippen LogP contribution in [0.4, 0.5) is 0 Å². The van der Waals surface area contributed by atoms with Gasteiger partial charge in [0.1, 0.15) is 0 Å². The predicted octanol–water partition coefficient (Wildman–Crippen LogP) is -18.9. The molecule has 0 radical (unpaired) electrons. The molecule has 0 bridgehead atoms. The van der Waals surface area contributed by atoms with Gasteiger partial charge in [-0.2, -0.15) is 0 Å². The Bertz CT molecular complexity index is 1040. The molecule has 4 atom stereocenters. The van der Waals surface area contributed by atoms with Crippen LogP contribution < -0.4 is 0 Å². The molecule has 45 heteroatoms. The number of hydrogen-bond acceptors (Lipinski definition) is 23. The third-order valence-corrected chi connectivity index (χ3v) is 224. The van der Waals surface area contributed by atoms with Crippen molar-refractivity contribution in [2.45, 2.75) is 38.3 Å². The highest BCUT2D eigenvalue weighted by Gasteiger charge is 2.91. The third kappa shape index (κ3) is 12.6. The van der Waals surface area contributed by atoms with Crippen LogP contribution in [-0.2, 0) is 46.5 Å². The van der Waals surface area contributed by atoms with Crippen molar-refractivity contribution in [3.63, 3.8) is 0 Å². The second kappa shape index (κ2) is 26.0. The van der Waals surface area contributed by atoms with Crippen LogP contribution in [0.25, 0.3) is 0 Å². The van der Waals surface area contributed by atoms with Crippen molar-refractivity contribution in [2.24, 2.45) is 0 Å². The predicted molar refractivity (Wildman–Crippen MR) is 258 cm³/mol. The largest absolute Gasteiger partial charge is 0.499 e. The van der Waals surface area contributed by atoms with E-state index in [0.29, 0.717) is 0 Å². The van der Waals surface area contributed by atoms with E-state index in [1.54, 1.807) is 19.6 Å². The quantitative estimate of drug-likeness (QED) is 0.0272. The van der Waals surface area contributed by atoms with Gasteiger partial charge in [0.15, 0.2) is 63.3 Å². The summed E-state index contributed by atoms with van der Waals surface area (Å²) in [6.07, 6.45) is 0. The van der Waals surface area contributed by atoms with E-state index in [1.807, 2.05) is 0 Å². The lowest BCUT2D eigenvalue weighted by molar-refractivity contribution is 0.125. The summed E-state index contributed by atoms with van der Waals surface area (Å²) < 4.78 is 70.9. The van der Waals surface area contributed by atoms with E-state index in [9.17, 15) is 57.5 Å². The van der Waals surface area contributed by atoms with Crippen LogP contribution >= 0.6 is 0 Å². The normalized spacial score (nSPS) is 23.8. The molecule has 55 heavy (non-hydrogen) atoms. The molecule has 0 aromatic carbocycles. The molecule has 12 N–H and O–H groups in total. The summed E-state index contributed by atoms with van der Waals surface area (Å²) in [6.45, 7) is -12.5. The SMILES string of the molecule is CO[Si](C)([SiH3])O[Si]([Si](O[SiH2]O)([SiH2]O)[SiH2]O)([Si](O[SiH2]O)([SiH2]O)[SiH2]O)[Si](O[Si](C)(C)CC[Si](OC)(OC)OC)(O[Si](O[SiH2]O)([SiH2]O)[SiH2]O)[Si](O[SiH2]O)([SiH2]O)[SiH](C)O. The van der Waals surface area contributed by atoms with Crippen LogP contribution in [-0.4, -0.2) is 277 Å². The van der Waals surface area contributed by atoms with Gasteiger partial charge in [0.05, 0.1) is 9.76 Å². The second-order valence-electron chi connectivity index (χ2n) is 13.4. The van der Waals surface area contributed by atoms with Gasteiger partial charge >= 0.3 is 24.0 Å². The molecule has 0 aliphatic carbocycles. The summed E-state index contributed by atoms with van der Waals surface area (Å²) in [5, 5.41) is 0. The summed E-state index contributed by atoms with van der Waals surface area (Å²) in [4.78, 5) is 137. The zero-order valence-corrected chi connectivity index (χ0v) is 60.8. The van der Waals surface area contributed by atoms with Gasteiger partial charge in [0, 0.05) is 34.5 Å². The summed E-state index contributed by atoms with van der Waals surface area (Å²) in [5.41, 5.74) is 0. The molecule has 0 amide bonds. The highest BCUT2D eigenvalue weighted by molar-refractivity contribution is 8.16. The molecule has 0 saturated carbocycles. The van der Waals surface area contributed by atoms with Gasteiger partial charge in [-0.15, -0.1) is 0 Å². The van der Waals surface area contributed by atoms with Crippen LogP contribution in [0.15, 0.2) is 0 Å². The molecule has 23 nitrogen and oxygen atoms in total. The van der Waals surface area contributed by atoms with E-state index in [-0.39, 0.29) is 21.8 Å². The average Bonchev–Trinajstić information content (AvgIpc) is 3.17. The average molecular weight is 1170 g/mol. The van der Waals surface area contributed by atoms with Gasteiger partial charge < -0.3 is 104 Å². The lowest BCUT2D eigenvalue weighted by atomic mass is 10.9. The summed E-state index contributed by atoms with van der Waals surface area (Å²) >= 11 is 0. The van der Waals surface area contributed by atoms with E-state index in [4.69, 9.17) is 46.5 Å². The van der Waals surface area contributed by atoms with E-state index in [1.165, 1.54) is 35.0 Å². The maximum absolute atomic E-state index is 12.3. The Morgan fingerprint density at radius 1 is 0.527 bits per heavy atom. The van der Waals surface area contributed by atoms with Gasteiger partial charge in [-0.25, -0.2) is 0 Å². The molecular formula is C10H66O23Si22. The van der Waals surface area contributed by atoms with E-state index < -0.39 is 181 Å². The zero-order valence-electron chi connectivity index (χ0n) is 33.1. The first kappa shape index (κ1) is 58.9. The minimum atomic E-state index is -5.42. The first-order chi connectivity index (χ1) is 25.7. The van der Waals surface area contributed by atoms with E-state index in [0.717, 1.165) is 0 Å². The zero-order chi connectivity index (χ0) is 43.0. The van der Waals surface area contributed by atoms with Gasteiger partial charge in [-0.1, -0.05) is 0 Å².